The molecule has 0 bridgehead atoms. The maximum absolute atomic E-state index is 2.50. The predicted octanol–water partition coefficient (Wildman–Crippen LogP) is 11.3. The molecular weight excluding hydrogens is 544 g/mol. The number of hydrogen-bond acceptors (Lipinski definition) is 0. The van der Waals surface area contributed by atoms with Crippen LogP contribution in [0.4, 0.5) is 0 Å². The van der Waals surface area contributed by atoms with Crippen molar-refractivity contribution in [3.8, 4) is 22.5 Å². The Morgan fingerprint density at radius 2 is 1.00 bits per heavy atom. The molecule has 9 aromatic rings. The fraction of sp³-hybridized carbons (Fsp3) is 0.0698. The number of para-hydroxylation sites is 2. The van der Waals surface area contributed by atoms with Crippen molar-refractivity contribution in [3.05, 3.63) is 157 Å². The number of benzene rings is 7. The molecule has 0 spiro atoms. The van der Waals surface area contributed by atoms with Crippen LogP contribution in [-0.4, -0.2) is 9.13 Å². The van der Waals surface area contributed by atoms with E-state index in [0.29, 0.717) is 0 Å². The largest absolute Gasteiger partial charge is 0.309 e. The van der Waals surface area contributed by atoms with Crippen LogP contribution < -0.4 is 0 Å². The van der Waals surface area contributed by atoms with Gasteiger partial charge in [-0.3, -0.25) is 0 Å². The molecule has 1 aliphatic carbocycles. The summed E-state index contributed by atoms with van der Waals surface area (Å²) in [5.74, 6) is 0. The van der Waals surface area contributed by atoms with Gasteiger partial charge in [-0.1, -0.05) is 98.8 Å². The van der Waals surface area contributed by atoms with Gasteiger partial charge in [-0.2, -0.15) is 0 Å². The maximum Gasteiger partial charge on any atom is 0.0547 e. The van der Waals surface area contributed by atoms with Crippen LogP contribution in [0.15, 0.2) is 146 Å². The van der Waals surface area contributed by atoms with Crippen molar-refractivity contribution in [3.63, 3.8) is 0 Å². The summed E-state index contributed by atoms with van der Waals surface area (Å²) in [7, 11) is 0. The molecule has 2 heterocycles. The molecule has 0 aliphatic heterocycles. The van der Waals surface area contributed by atoms with E-state index in [-0.39, 0.29) is 5.41 Å². The van der Waals surface area contributed by atoms with Crippen LogP contribution in [0.25, 0.3) is 76.9 Å². The Balaban J connectivity index is 1.33. The summed E-state index contributed by atoms with van der Waals surface area (Å²) < 4.78 is 4.89. The highest BCUT2D eigenvalue weighted by molar-refractivity contribution is 6.16. The van der Waals surface area contributed by atoms with E-state index in [1.54, 1.807) is 0 Å². The van der Waals surface area contributed by atoms with Gasteiger partial charge in [0, 0.05) is 38.3 Å². The molecule has 2 heteroatoms. The van der Waals surface area contributed by atoms with Crippen molar-refractivity contribution in [2.75, 3.05) is 0 Å². The number of hydrogen-bond donors (Lipinski definition) is 0. The molecule has 7 aromatic carbocycles. The maximum atomic E-state index is 2.50. The van der Waals surface area contributed by atoms with Crippen molar-refractivity contribution in [2.45, 2.75) is 19.3 Å². The zero-order chi connectivity index (χ0) is 29.9. The predicted molar refractivity (Wildman–Crippen MR) is 190 cm³/mol. The fourth-order valence-corrected chi connectivity index (χ4v) is 8.13. The molecule has 2 aromatic heterocycles. The Morgan fingerprint density at radius 1 is 0.378 bits per heavy atom. The van der Waals surface area contributed by atoms with Gasteiger partial charge in [0.05, 0.1) is 22.1 Å². The molecule has 0 saturated carbocycles. The fourth-order valence-electron chi connectivity index (χ4n) is 8.13. The lowest BCUT2D eigenvalue weighted by molar-refractivity contribution is 0.661. The van der Waals surface area contributed by atoms with E-state index in [2.05, 4.69) is 169 Å². The van der Waals surface area contributed by atoms with Gasteiger partial charge in [-0.25, -0.2) is 0 Å². The summed E-state index contributed by atoms with van der Waals surface area (Å²) in [5.41, 5.74) is 12.7. The first-order valence-electron chi connectivity index (χ1n) is 15.8. The van der Waals surface area contributed by atoms with Crippen LogP contribution in [0.1, 0.15) is 25.0 Å². The molecule has 0 atom stereocenters. The Kier molecular flexibility index (Phi) is 4.82. The SMILES string of the molecule is CC1(C)c2ccccc2-c2cc3c(cc21)c1cc2ccccc2cc1n3-c1ccc2c(c1)c1ccccc1n2-c1ccccc1. The minimum atomic E-state index is -0.0520. The van der Waals surface area contributed by atoms with E-state index in [1.165, 1.54) is 88.0 Å². The number of aromatic nitrogens is 2. The first-order valence-corrected chi connectivity index (χ1v) is 15.8. The standard InChI is InChI=1S/C43H30N2/c1-43(2)37-18-10-8-16-31(37)33-26-42-36(25-38(33)43)34-22-27-12-6-7-13-28(27)23-41(34)45(42)30-20-21-40-35(24-30)32-17-9-11-19-39(32)44(40)29-14-4-3-5-15-29/h3-26H,1-2H3. The number of nitrogens with zero attached hydrogens (tertiary/aromatic N) is 2. The average Bonchev–Trinajstić information content (AvgIpc) is 3.66. The second-order valence-electron chi connectivity index (χ2n) is 13.0. The molecule has 0 saturated heterocycles. The molecule has 0 radical (unpaired) electrons. The summed E-state index contributed by atoms with van der Waals surface area (Å²) >= 11 is 0. The summed E-state index contributed by atoms with van der Waals surface area (Å²) in [4.78, 5) is 0. The van der Waals surface area contributed by atoms with Gasteiger partial charge >= 0.3 is 0 Å². The summed E-state index contributed by atoms with van der Waals surface area (Å²) in [6, 6.07) is 53.9. The lowest BCUT2D eigenvalue weighted by Gasteiger charge is -2.21. The smallest absolute Gasteiger partial charge is 0.0547 e. The van der Waals surface area contributed by atoms with E-state index in [4.69, 9.17) is 0 Å². The van der Waals surface area contributed by atoms with E-state index in [1.807, 2.05) is 0 Å². The first kappa shape index (κ1) is 24.8. The Morgan fingerprint density at radius 3 is 1.87 bits per heavy atom. The Labute approximate surface area is 261 Å². The van der Waals surface area contributed by atoms with Gasteiger partial charge in [0.2, 0.25) is 0 Å². The summed E-state index contributed by atoms with van der Waals surface area (Å²) in [6.07, 6.45) is 0. The van der Waals surface area contributed by atoms with E-state index >= 15 is 0 Å². The number of fused-ring (bicyclic) bond motifs is 10. The average molecular weight is 575 g/mol. The van der Waals surface area contributed by atoms with Crippen LogP contribution in [0.2, 0.25) is 0 Å². The second kappa shape index (κ2) is 8.74. The monoisotopic (exact) mass is 574 g/mol. The van der Waals surface area contributed by atoms with Crippen molar-refractivity contribution < 1.29 is 0 Å². The highest BCUT2D eigenvalue weighted by atomic mass is 15.0. The van der Waals surface area contributed by atoms with Crippen LogP contribution in [-0.2, 0) is 5.41 Å². The highest BCUT2D eigenvalue weighted by Crippen LogP contribution is 2.51. The van der Waals surface area contributed by atoms with E-state index < -0.39 is 0 Å². The minimum Gasteiger partial charge on any atom is -0.309 e. The molecule has 45 heavy (non-hydrogen) atoms. The van der Waals surface area contributed by atoms with Gasteiger partial charge in [0.15, 0.2) is 0 Å². The Hall–Kier alpha value is -5.60. The number of rotatable bonds is 2. The molecule has 0 unspecified atom stereocenters. The molecular formula is C43H30N2. The topological polar surface area (TPSA) is 9.86 Å². The van der Waals surface area contributed by atoms with Gasteiger partial charge in [-0.05, 0) is 93.7 Å². The van der Waals surface area contributed by atoms with Crippen LogP contribution in [0.5, 0.6) is 0 Å². The van der Waals surface area contributed by atoms with Gasteiger partial charge in [0.25, 0.3) is 0 Å². The van der Waals surface area contributed by atoms with Gasteiger partial charge in [0.1, 0.15) is 0 Å². The Bertz CT molecular complexity index is 2670. The van der Waals surface area contributed by atoms with Crippen molar-refractivity contribution >= 4 is 54.4 Å². The molecule has 0 amide bonds. The molecule has 1 aliphatic rings. The zero-order valence-electron chi connectivity index (χ0n) is 25.3. The molecule has 0 N–H and O–H groups in total. The summed E-state index contributed by atoms with van der Waals surface area (Å²) in [6.45, 7) is 4.74. The van der Waals surface area contributed by atoms with Crippen molar-refractivity contribution in [1.82, 2.24) is 9.13 Å². The lowest BCUT2D eigenvalue weighted by atomic mass is 9.82. The normalized spacial score (nSPS) is 13.7. The van der Waals surface area contributed by atoms with Crippen LogP contribution in [0, 0.1) is 0 Å². The molecule has 2 nitrogen and oxygen atoms in total. The minimum absolute atomic E-state index is 0.0520. The third-order valence-corrected chi connectivity index (χ3v) is 10.3. The van der Waals surface area contributed by atoms with Gasteiger partial charge < -0.3 is 9.13 Å². The van der Waals surface area contributed by atoms with Crippen molar-refractivity contribution in [1.29, 1.82) is 0 Å². The molecule has 212 valence electrons. The van der Waals surface area contributed by atoms with E-state index in [0.717, 1.165) is 0 Å². The lowest BCUT2D eigenvalue weighted by Crippen LogP contribution is -2.14. The van der Waals surface area contributed by atoms with E-state index in [9.17, 15) is 0 Å². The highest BCUT2D eigenvalue weighted by Gasteiger charge is 2.36. The quantitative estimate of drug-likeness (QED) is 0.194. The molecule has 0 fully saturated rings. The zero-order valence-corrected chi connectivity index (χ0v) is 25.3. The van der Waals surface area contributed by atoms with Crippen LogP contribution in [0.3, 0.4) is 0 Å². The first-order chi connectivity index (χ1) is 22.1. The van der Waals surface area contributed by atoms with Gasteiger partial charge in [-0.15, -0.1) is 0 Å². The van der Waals surface area contributed by atoms with Crippen LogP contribution >= 0.6 is 0 Å². The third-order valence-electron chi connectivity index (χ3n) is 10.3. The van der Waals surface area contributed by atoms with Crippen molar-refractivity contribution in [2.24, 2.45) is 0 Å². The molecule has 10 rings (SSSR count). The third kappa shape index (κ3) is 3.29. The summed E-state index contributed by atoms with van der Waals surface area (Å²) in [5, 5.41) is 7.66. The second-order valence-corrected chi connectivity index (χ2v) is 13.0.